The summed E-state index contributed by atoms with van der Waals surface area (Å²) in [5, 5.41) is 0.286. The molecule has 2 aliphatic heterocycles. The van der Waals surface area contributed by atoms with Gasteiger partial charge in [-0.3, -0.25) is 4.79 Å². The number of thioether (sulfide) groups is 1. The van der Waals surface area contributed by atoms with E-state index in [2.05, 4.69) is 0 Å². The van der Waals surface area contributed by atoms with E-state index in [0.717, 1.165) is 12.2 Å². The number of halogens is 3. The Kier molecular flexibility index (Phi) is 4.92. The van der Waals surface area contributed by atoms with E-state index in [9.17, 15) is 18.0 Å². The van der Waals surface area contributed by atoms with E-state index in [1.165, 1.54) is 0 Å². The van der Waals surface area contributed by atoms with Gasteiger partial charge in [-0.25, -0.2) is 0 Å². The second-order valence-corrected chi connectivity index (χ2v) is 7.82. The minimum Gasteiger partial charge on any atom is -0.380 e. The first-order valence-corrected chi connectivity index (χ1v) is 9.08. The molecule has 3 aliphatic rings. The van der Waals surface area contributed by atoms with Crippen LogP contribution in [0.4, 0.5) is 13.2 Å². The number of alkyl halides is 3. The van der Waals surface area contributed by atoms with Crippen LogP contribution in [-0.4, -0.2) is 53.8 Å². The van der Waals surface area contributed by atoms with Gasteiger partial charge in [-0.05, 0) is 25.7 Å². The van der Waals surface area contributed by atoms with Crippen molar-refractivity contribution in [1.82, 2.24) is 4.90 Å². The third-order valence-corrected chi connectivity index (χ3v) is 6.40. The molecule has 7 heteroatoms. The maximum atomic E-state index is 12.9. The van der Waals surface area contributed by atoms with Gasteiger partial charge in [0.15, 0.2) is 0 Å². The van der Waals surface area contributed by atoms with Gasteiger partial charge in [-0.2, -0.15) is 24.9 Å². The van der Waals surface area contributed by atoms with Crippen LogP contribution < -0.4 is 0 Å². The molecule has 1 amide bonds. The lowest BCUT2D eigenvalue weighted by Gasteiger charge is -2.45. The Morgan fingerprint density at radius 2 is 2.05 bits per heavy atom. The molecule has 0 spiro atoms. The Hall–Kier alpha value is -0.430. The molecule has 1 saturated carbocycles. The molecule has 3 rings (SSSR count). The average Bonchev–Trinajstić information content (AvgIpc) is 2.53. The van der Waals surface area contributed by atoms with Gasteiger partial charge < -0.3 is 9.64 Å². The Morgan fingerprint density at radius 1 is 1.23 bits per heavy atom. The summed E-state index contributed by atoms with van der Waals surface area (Å²) in [6.07, 6.45) is -2.12. The molecule has 2 heterocycles. The Morgan fingerprint density at radius 3 is 2.82 bits per heavy atom. The Bertz CT molecular complexity index is 416. The molecule has 4 atom stereocenters. The van der Waals surface area contributed by atoms with Gasteiger partial charge in [-0.1, -0.05) is 6.42 Å². The van der Waals surface area contributed by atoms with E-state index in [4.69, 9.17) is 4.74 Å². The van der Waals surface area contributed by atoms with E-state index in [0.29, 0.717) is 32.6 Å². The maximum absolute atomic E-state index is 12.9. The van der Waals surface area contributed by atoms with Crippen molar-refractivity contribution >= 4 is 17.7 Å². The lowest BCUT2D eigenvalue weighted by molar-refractivity contribution is -0.187. The molecule has 0 N–H and O–H groups in total. The van der Waals surface area contributed by atoms with E-state index >= 15 is 0 Å². The highest BCUT2D eigenvalue weighted by Gasteiger charge is 2.46. The first kappa shape index (κ1) is 16.4. The molecule has 0 radical (unpaired) electrons. The summed E-state index contributed by atoms with van der Waals surface area (Å²) in [5.74, 6) is -0.955. The van der Waals surface area contributed by atoms with E-state index in [-0.39, 0.29) is 30.0 Å². The van der Waals surface area contributed by atoms with Crippen LogP contribution in [0.1, 0.15) is 32.1 Å². The molecular weight excluding hydrogens is 315 g/mol. The number of hydrogen-bond donors (Lipinski definition) is 0. The summed E-state index contributed by atoms with van der Waals surface area (Å²) in [6.45, 7) is 1.95. The SMILES string of the molecule is O=C(C1CCCC(C(F)(F)F)C1)N1CCSC2COCCC21. The lowest BCUT2D eigenvalue weighted by Crippen LogP contribution is -2.56. The monoisotopic (exact) mass is 337 g/mol. The number of nitrogens with zero attached hydrogens (tertiary/aromatic N) is 1. The number of rotatable bonds is 1. The van der Waals surface area contributed by atoms with Crippen LogP contribution in [-0.2, 0) is 9.53 Å². The van der Waals surface area contributed by atoms with Gasteiger partial charge >= 0.3 is 6.18 Å². The molecule has 0 aromatic rings. The molecule has 3 nitrogen and oxygen atoms in total. The zero-order valence-corrected chi connectivity index (χ0v) is 13.3. The number of carbonyl (C=O) groups excluding carboxylic acids is 1. The Balaban J connectivity index is 1.67. The number of amides is 1. The zero-order valence-electron chi connectivity index (χ0n) is 12.5. The molecule has 1 aliphatic carbocycles. The first-order valence-electron chi connectivity index (χ1n) is 8.03. The topological polar surface area (TPSA) is 29.5 Å². The van der Waals surface area contributed by atoms with Crippen LogP contribution in [0.5, 0.6) is 0 Å². The highest BCUT2D eigenvalue weighted by molar-refractivity contribution is 8.00. The summed E-state index contributed by atoms with van der Waals surface area (Å²) in [6, 6.07) is 0.145. The van der Waals surface area contributed by atoms with Crippen LogP contribution >= 0.6 is 11.8 Å². The Labute approximate surface area is 132 Å². The minimum atomic E-state index is -4.17. The highest BCUT2D eigenvalue weighted by atomic mass is 32.2. The fourth-order valence-electron chi connectivity index (χ4n) is 3.90. The third kappa shape index (κ3) is 3.40. The van der Waals surface area contributed by atoms with Crippen molar-refractivity contribution in [2.45, 2.75) is 49.6 Å². The third-order valence-electron chi connectivity index (χ3n) is 5.10. The first-order chi connectivity index (χ1) is 10.5. The normalized spacial score (nSPS) is 36.8. The van der Waals surface area contributed by atoms with Crippen molar-refractivity contribution in [1.29, 1.82) is 0 Å². The quantitative estimate of drug-likeness (QED) is 0.736. The molecular formula is C15H22F3NO2S. The molecule has 4 unspecified atom stereocenters. The van der Waals surface area contributed by atoms with Crippen LogP contribution in [0.25, 0.3) is 0 Å². The van der Waals surface area contributed by atoms with Crippen molar-refractivity contribution in [2.75, 3.05) is 25.5 Å². The van der Waals surface area contributed by atoms with Gasteiger partial charge in [-0.15, -0.1) is 0 Å². The summed E-state index contributed by atoms with van der Waals surface area (Å²) in [4.78, 5) is 14.7. The summed E-state index contributed by atoms with van der Waals surface area (Å²) >= 11 is 1.82. The molecule has 22 heavy (non-hydrogen) atoms. The molecule has 2 saturated heterocycles. The fraction of sp³-hybridized carbons (Fsp3) is 0.933. The molecule has 0 aromatic carbocycles. The largest absolute Gasteiger partial charge is 0.391 e. The zero-order chi connectivity index (χ0) is 15.7. The van der Waals surface area contributed by atoms with Crippen LogP contribution in [0, 0.1) is 11.8 Å². The standard InChI is InChI=1S/C15H22F3NO2S/c16-15(17,18)11-3-1-2-10(8-11)14(20)19-5-7-22-13-9-21-6-4-12(13)19/h10-13H,1-9H2. The van der Waals surface area contributed by atoms with Crippen molar-refractivity contribution in [2.24, 2.45) is 11.8 Å². The highest BCUT2D eigenvalue weighted by Crippen LogP contribution is 2.41. The van der Waals surface area contributed by atoms with Gasteiger partial charge in [0.2, 0.25) is 5.91 Å². The minimum absolute atomic E-state index is 0.0279. The van der Waals surface area contributed by atoms with Crippen molar-refractivity contribution < 1.29 is 22.7 Å². The molecule has 0 bridgehead atoms. The molecule has 0 aromatic heterocycles. The van der Waals surface area contributed by atoms with E-state index in [1.807, 2.05) is 16.7 Å². The number of fused-ring (bicyclic) bond motifs is 1. The average molecular weight is 337 g/mol. The van der Waals surface area contributed by atoms with E-state index < -0.39 is 18.0 Å². The fourth-order valence-corrected chi connectivity index (χ4v) is 5.21. The molecule has 126 valence electrons. The van der Waals surface area contributed by atoms with Crippen molar-refractivity contribution in [3.8, 4) is 0 Å². The number of ether oxygens (including phenoxy) is 1. The second-order valence-electron chi connectivity index (χ2n) is 6.47. The summed E-state index contributed by atoms with van der Waals surface area (Å²) < 4.78 is 44.3. The van der Waals surface area contributed by atoms with Gasteiger partial charge in [0.25, 0.3) is 0 Å². The van der Waals surface area contributed by atoms with Gasteiger partial charge in [0.05, 0.1) is 12.5 Å². The van der Waals surface area contributed by atoms with Crippen molar-refractivity contribution in [3.63, 3.8) is 0 Å². The van der Waals surface area contributed by atoms with Crippen molar-refractivity contribution in [3.05, 3.63) is 0 Å². The maximum Gasteiger partial charge on any atom is 0.391 e. The summed E-state index contributed by atoms with van der Waals surface area (Å²) in [7, 11) is 0. The van der Waals surface area contributed by atoms with Gasteiger partial charge in [0.1, 0.15) is 0 Å². The smallest absolute Gasteiger partial charge is 0.380 e. The van der Waals surface area contributed by atoms with Crippen LogP contribution in [0.15, 0.2) is 0 Å². The second kappa shape index (κ2) is 6.59. The number of hydrogen-bond acceptors (Lipinski definition) is 3. The number of carbonyl (C=O) groups is 1. The lowest BCUT2D eigenvalue weighted by atomic mass is 9.80. The molecule has 3 fully saturated rings. The summed E-state index contributed by atoms with van der Waals surface area (Å²) in [5.41, 5.74) is 0. The van der Waals surface area contributed by atoms with Gasteiger partial charge in [0, 0.05) is 36.1 Å². The van der Waals surface area contributed by atoms with Crippen LogP contribution in [0.3, 0.4) is 0 Å². The predicted molar refractivity (Wildman–Crippen MR) is 78.7 cm³/mol. The predicted octanol–water partition coefficient (Wildman–Crippen LogP) is 3.09. The van der Waals surface area contributed by atoms with E-state index in [1.54, 1.807) is 0 Å². The van der Waals surface area contributed by atoms with Crippen LogP contribution in [0.2, 0.25) is 0 Å².